The number of hydrogen-bond acceptors (Lipinski definition) is 3. The van der Waals surface area contributed by atoms with Gasteiger partial charge >= 0.3 is 17.8 Å². The normalized spacial score (nSPS) is 16.8. The molecule has 1 radical (unpaired) electrons. The Balaban J connectivity index is 0.000000239. The van der Waals surface area contributed by atoms with Crippen molar-refractivity contribution >= 4 is 21.9 Å². The number of hydrogen-bond donors (Lipinski definition) is 0. The average molecular weight is 953 g/mol. The summed E-state index contributed by atoms with van der Waals surface area (Å²) in [7, 11) is 0. The summed E-state index contributed by atoms with van der Waals surface area (Å²) in [6.45, 7) is -0.601. The fourth-order valence-corrected chi connectivity index (χ4v) is 6.91. The number of furan rings is 1. The average Bonchev–Trinajstić information content (AvgIpc) is 3.66. The number of para-hydroxylation sites is 1. The Hall–Kier alpha value is -5.57. The van der Waals surface area contributed by atoms with E-state index < -0.39 is 42.6 Å². The molecule has 0 unspecified atom stereocenters. The second-order valence-corrected chi connectivity index (χ2v) is 13.5. The van der Waals surface area contributed by atoms with E-state index in [-0.39, 0.29) is 36.8 Å². The van der Waals surface area contributed by atoms with Gasteiger partial charge < -0.3 is 14.4 Å². The molecule has 0 aliphatic heterocycles. The van der Waals surface area contributed by atoms with Gasteiger partial charge in [0.15, 0.2) is 0 Å². The molecule has 1 aliphatic carbocycles. The summed E-state index contributed by atoms with van der Waals surface area (Å²) in [5.74, 6) is -15.5. The van der Waals surface area contributed by atoms with Gasteiger partial charge in [0.25, 0.3) is 0 Å². The van der Waals surface area contributed by atoms with E-state index in [1.807, 2.05) is 56.3 Å². The number of fused-ring (bicyclic) bond motifs is 4. The van der Waals surface area contributed by atoms with E-state index in [1.54, 1.807) is 36.5 Å². The number of halogens is 6. The van der Waals surface area contributed by atoms with Crippen molar-refractivity contribution in [2.45, 2.75) is 45.3 Å². The van der Waals surface area contributed by atoms with Crippen LogP contribution in [0.2, 0.25) is 0 Å². The van der Waals surface area contributed by atoms with E-state index in [0.717, 1.165) is 50.7 Å². The summed E-state index contributed by atoms with van der Waals surface area (Å²) >= 11 is 0. The van der Waals surface area contributed by atoms with Crippen molar-refractivity contribution in [1.82, 2.24) is 9.97 Å². The van der Waals surface area contributed by atoms with Crippen molar-refractivity contribution in [3.05, 3.63) is 167 Å². The van der Waals surface area contributed by atoms with Crippen LogP contribution >= 0.6 is 0 Å². The van der Waals surface area contributed by atoms with Crippen molar-refractivity contribution in [1.29, 1.82) is 0 Å². The molecule has 8 aromatic rings. The molecule has 0 fully saturated rings. The van der Waals surface area contributed by atoms with E-state index in [9.17, 15) is 26.3 Å². The van der Waals surface area contributed by atoms with Crippen LogP contribution in [0.5, 0.6) is 0 Å². The van der Waals surface area contributed by atoms with Gasteiger partial charge in [0, 0.05) is 57.2 Å². The topological polar surface area (TPSA) is 38.9 Å². The molecule has 0 saturated carbocycles. The SMILES string of the molecule is Cc1cc(-c2ccc3c(c2)C(F)(F)C(F)(F)C3(F)F)ccc1-c1cc(-c2[c-]ccc3c2oc2ccccc23)ncc1C.[2H]C([2H])([2H])c1c[c-]c(-c2ccc(C([2H])([2H])[2H])cn2)cc1.[Ir]. The molecule has 3 nitrogen and oxygen atoms in total. The van der Waals surface area contributed by atoms with Gasteiger partial charge in [-0.25, -0.2) is 0 Å². The first kappa shape index (κ1) is 32.5. The van der Waals surface area contributed by atoms with Crippen LogP contribution in [0.25, 0.3) is 66.7 Å². The summed E-state index contributed by atoms with van der Waals surface area (Å²) in [6, 6.07) is 34.8. The van der Waals surface area contributed by atoms with Crippen LogP contribution in [-0.4, -0.2) is 15.9 Å². The third kappa shape index (κ3) is 6.74. The van der Waals surface area contributed by atoms with Gasteiger partial charge in [0.2, 0.25) is 0 Å². The van der Waals surface area contributed by atoms with Crippen LogP contribution in [0, 0.1) is 39.7 Å². The molecule has 0 N–H and O–H groups in total. The molecule has 10 heteroatoms. The smallest absolute Gasteiger partial charge is 0.380 e. The first-order valence-electron chi connectivity index (χ1n) is 20.3. The first-order valence-corrected chi connectivity index (χ1v) is 17.3. The standard InChI is InChI=1S/C34H20F6NO.C13H12N.Ir/c1-18-14-20(21-11-13-27-28(15-21)33(37,38)34(39,40)32(27,35)36)10-12-22(18)26-16-29(41-17-19(26)2)25-8-5-7-24-23-6-3-4-9-30(23)42-31(24)25;1-10-3-6-12(7-4-10)13-8-5-11(2)9-14-13;/h3-7,9-17H,1-2H3;3-6,8-9H,1-2H3;/q2*-1;/i;1D3,2D3;. The molecule has 0 saturated heterocycles. The quantitative estimate of drug-likeness (QED) is 0.130. The van der Waals surface area contributed by atoms with E-state index >= 15 is 0 Å². The molecule has 9 rings (SSSR count). The van der Waals surface area contributed by atoms with E-state index in [4.69, 9.17) is 12.6 Å². The number of aryl methyl sites for hydroxylation is 4. The molecule has 0 amide bonds. The zero-order valence-corrected chi connectivity index (χ0v) is 32.3. The predicted octanol–water partition coefficient (Wildman–Crippen LogP) is 13.4. The van der Waals surface area contributed by atoms with Crippen LogP contribution in [0.15, 0.2) is 126 Å². The van der Waals surface area contributed by atoms with Crippen molar-refractivity contribution < 1.29 is 59.1 Å². The fourth-order valence-electron chi connectivity index (χ4n) is 6.91. The minimum Gasteiger partial charge on any atom is -0.501 e. The summed E-state index contributed by atoms with van der Waals surface area (Å²) in [5.41, 5.74) is 5.51. The number of aromatic nitrogens is 2. The van der Waals surface area contributed by atoms with Crippen molar-refractivity contribution in [2.24, 2.45) is 0 Å². The molecule has 289 valence electrons. The number of pyridine rings is 2. The molecule has 5 aromatic carbocycles. The minimum atomic E-state index is -5.51. The largest absolute Gasteiger partial charge is 0.501 e. The molecule has 3 aromatic heterocycles. The van der Waals surface area contributed by atoms with Crippen molar-refractivity contribution in [3.63, 3.8) is 0 Å². The minimum absolute atomic E-state index is 0. The van der Waals surface area contributed by atoms with E-state index in [0.29, 0.717) is 39.7 Å². The molecular formula is C47H32F6IrN2O-2. The van der Waals surface area contributed by atoms with Gasteiger partial charge in [-0.2, -0.15) is 26.3 Å². The van der Waals surface area contributed by atoms with Gasteiger partial charge in [-0.1, -0.05) is 84.5 Å². The Morgan fingerprint density at radius 1 is 0.632 bits per heavy atom. The van der Waals surface area contributed by atoms with Crippen LogP contribution in [0.1, 0.15) is 41.6 Å². The van der Waals surface area contributed by atoms with Crippen molar-refractivity contribution in [3.8, 4) is 44.8 Å². The molecule has 57 heavy (non-hydrogen) atoms. The maximum Gasteiger partial charge on any atom is 0.380 e. The zero-order chi connectivity index (χ0) is 44.6. The summed E-state index contributed by atoms with van der Waals surface area (Å²) in [6.07, 6.45) is 3.05. The molecule has 3 heterocycles. The third-order valence-electron chi connectivity index (χ3n) is 9.88. The van der Waals surface area contributed by atoms with Crippen LogP contribution in [0.4, 0.5) is 26.3 Å². The monoisotopic (exact) mass is 953 g/mol. The van der Waals surface area contributed by atoms with Gasteiger partial charge in [0.05, 0.1) is 5.58 Å². The van der Waals surface area contributed by atoms with Gasteiger partial charge in [0.1, 0.15) is 5.58 Å². The van der Waals surface area contributed by atoms with Crippen LogP contribution in [0.3, 0.4) is 0 Å². The Bertz CT molecular complexity index is 2950. The van der Waals surface area contributed by atoms with Crippen molar-refractivity contribution in [2.75, 3.05) is 0 Å². The zero-order valence-electron chi connectivity index (χ0n) is 36.0. The van der Waals surface area contributed by atoms with Gasteiger partial charge in [-0.05, 0) is 83.2 Å². The summed E-state index contributed by atoms with van der Waals surface area (Å²) in [4.78, 5) is 8.71. The van der Waals surface area contributed by atoms with Crippen LogP contribution < -0.4 is 0 Å². The Labute approximate surface area is 347 Å². The second-order valence-electron chi connectivity index (χ2n) is 13.5. The molecule has 0 atom stereocenters. The number of nitrogens with zero attached hydrogens (tertiary/aromatic N) is 2. The number of rotatable bonds is 4. The fraction of sp³-hybridized carbons (Fsp3) is 0.149. The molecular weight excluding hydrogens is 915 g/mol. The maximum absolute atomic E-state index is 14.4. The summed E-state index contributed by atoms with van der Waals surface area (Å²) in [5, 5.41) is 1.93. The third-order valence-corrected chi connectivity index (χ3v) is 9.88. The van der Waals surface area contributed by atoms with Gasteiger partial charge in [-0.15, -0.1) is 53.6 Å². The molecule has 1 aliphatic rings. The Morgan fingerprint density at radius 2 is 1.35 bits per heavy atom. The van der Waals surface area contributed by atoms with E-state index in [1.165, 1.54) is 24.4 Å². The first-order chi connectivity index (χ1) is 29.1. The summed E-state index contributed by atoms with van der Waals surface area (Å²) < 4.78 is 135. The van der Waals surface area contributed by atoms with E-state index in [2.05, 4.69) is 22.1 Å². The number of benzene rings is 5. The Kier molecular flexibility index (Phi) is 8.41. The van der Waals surface area contributed by atoms with Gasteiger partial charge in [-0.3, -0.25) is 0 Å². The van der Waals surface area contributed by atoms with Crippen LogP contribution in [-0.2, 0) is 32.0 Å². The number of alkyl halides is 6. The second kappa shape index (κ2) is 14.7. The Morgan fingerprint density at radius 3 is 2.07 bits per heavy atom. The maximum atomic E-state index is 14.4. The molecule has 0 bridgehead atoms. The molecule has 0 spiro atoms. The predicted molar refractivity (Wildman–Crippen MR) is 207 cm³/mol.